The van der Waals surface area contributed by atoms with Gasteiger partial charge in [0.1, 0.15) is 22.8 Å². The van der Waals surface area contributed by atoms with Crippen molar-refractivity contribution in [1.29, 1.82) is 0 Å². The Hall–Kier alpha value is -5.36. The maximum Gasteiger partial charge on any atom is 0.122 e. The van der Waals surface area contributed by atoms with E-state index >= 15 is 0 Å². The van der Waals surface area contributed by atoms with Crippen LogP contribution in [-0.2, 0) is 0 Å². The Morgan fingerprint density at radius 2 is 0.789 bits per heavy atom. The summed E-state index contributed by atoms with van der Waals surface area (Å²) < 4.78 is 3.70. The SMILES string of the molecule is C(=C\n1nnc2c1-c1ccccc1-c1nnn(/C=C/c3ccccc3)c1-c1ccccc1-2)/c1ccccc1. The third kappa shape index (κ3) is 3.76. The molecule has 0 saturated heterocycles. The normalized spacial score (nSPS) is 12.0. The molecule has 0 atom stereocenters. The van der Waals surface area contributed by atoms with E-state index in [0.29, 0.717) is 0 Å². The molecule has 6 nitrogen and oxygen atoms in total. The molecule has 0 bridgehead atoms. The fourth-order valence-corrected chi connectivity index (χ4v) is 4.89. The van der Waals surface area contributed by atoms with E-state index in [-0.39, 0.29) is 0 Å². The van der Waals surface area contributed by atoms with Crippen LogP contribution in [0.5, 0.6) is 0 Å². The molecule has 0 unspecified atom stereocenters. The summed E-state index contributed by atoms with van der Waals surface area (Å²) in [7, 11) is 0. The van der Waals surface area contributed by atoms with E-state index in [1.54, 1.807) is 0 Å². The molecule has 4 aromatic carbocycles. The molecule has 0 fully saturated rings. The number of hydrogen-bond donors (Lipinski definition) is 0. The van der Waals surface area contributed by atoms with Gasteiger partial charge in [-0.15, -0.1) is 10.2 Å². The highest BCUT2D eigenvalue weighted by molar-refractivity contribution is 5.99. The molecule has 7 rings (SSSR count). The molecule has 6 heteroatoms. The van der Waals surface area contributed by atoms with E-state index in [4.69, 9.17) is 0 Å². The number of fused-ring (bicyclic) bond motifs is 8. The Morgan fingerprint density at radius 3 is 1.21 bits per heavy atom. The Balaban J connectivity index is 1.45. The van der Waals surface area contributed by atoms with Crippen molar-refractivity contribution in [2.45, 2.75) is 0 Å². The number of aromatic nitrogens is 6. The molecule has 0 spiro atoms. The molecule has 6 aromatic rings. The lowest BCUT2D eigenvalue weighted by Crippen LogP contribution is -2.01. The third-order valence-corrected chi connectivity index (χ3v) is 6.68. The van der Waals surface area contributed by atoms with Crippen molar-refractivity contribution >= 4 is 24.6 Å². The molecule has 38 heavy (non-hydrogen) atoms. The van der Waals surface area contributed by atoms with Gasteiger partial charge in [-0.05, 0) is 23.3 Å². The van der Waals surface area contributed by atoms with E-state index in [1.807, 2.05) is 94.6 Å². The van der Waals surface area contributed by atoms with E-state index in [0.717, 1.165) is 56.2 Å². The zero-order chi connectivity index (χ0) is 25.3. The molecular formula is C32H22N6. The van der Waals surface area contributed by atoms with Crippen molar-refractivity contribution < 1.29 is 0 Å². The summed E-state index contributed by atoms with van der Waals surface area (Å²) in [6.07, 6.45) is 8.00. The fourth-order valence-electron chi connectivity index (χ4n) is 4.89. The van der Waals surface area contributed by atoms with Gasteiger partial charge in [-0.2, -0.15) is 0 Å². The van der Waals surface area contributed by atoms with Crippen molar-refractivity contribution in [2.75, 3.05) is 0 Å². The van der Waals surface area contributed by atoms with Crippen LogP contribution in [0.4, 0.5) is 0 Å². The lowest BCUT2D eigenvalue weighted by Gasteiger charge is -2.17. The van der Waals surface area contributed by atoms with Gasteiger partial charge >= 0.3 is 0 Å². The summed E-state index contributed by atoms with van der Waals surface area (Å²) in [5.74, 6) is 0. The molecule has 2 heterocycles. The Morgan fingerprint density at radius 1 is 0.421 bits per heavy atom. The van der Waals surface area contributed by atoms with Crippen LogP contribution in [0.3, 0.4) is 0 Å². The predicted molar refractivity (Wildman–Crippen MR) is 152 cm³/mol. The van der Waals surface area contributed by atoms with Gasteiger partial charge in [-0.1, -0.05) is 120 Å². The standard InChI is InChI=1S/C32H22N6/c1-3-11-23(12-4-1)19-21-37-31-27-17-9-7-15-25(27)30-32(28-18-10-8-16-26(28)29(31)33-35-37)38(36-34-30)22-20-24-13-5-2-6-14-24/h1-22H/b21-19+,22-20+,29-26?,30-25?,31-27?,32-28?. The average molecular weight is 491 g/mol. The summed E-state index contributed by atoms with van der Waals surface area (Å²) in [6.45, 7) is 0. The van der Waals surface area contributed by atoms with E-state index in [2.05, 4.69) is 69.2 Å². The second-order valence-electron chi connectivity index (χ2n) is 9.01. The summed E-state index contributed by atoms with van der Waals surface area (Å²) >= 11 is 0. The first-order valence-corrected chi connectivity index (χ1v) is 12.4. The Kier molecular flexibility index (Phi) is 5.33. The van der Waals surface area contributed by atoms with Crippen LogP contribution in [0.15, 0.2) is 109 Å². The van der Waals surface area contributed by atoms with Crippen LogP contribution < -0.4 is 0 Å². The van der Waals surface area contributed by atoms with E-state index in [9.17, 15) is 0 Å². The second kappa shape index (κ2) is 9.26. The van der Waals surface area contributed by atoms with Crippen molar-refractivity contribution in [3.05, 3.63) is 120 Å². The molecule has 0 amide bonds. The highest BCUT2D eigenvalue weighted by Gasteiger charge is 2.29. The van der Waals surface area contributed by atoms with Gasteiger partial charge in [0.25, 0.3) is 0 Å². The Labute approximate surface area is 219 Å². The molecule has 0 aliphatic heterocycles. The number of benzene rings is 4. The fraction of sp³-hybridized carbons (Fsp3) is 0. The predicted octanol–water partition coefficient (Wildman–Crippen LogP) is 7.11. The molecule has 0 saturated carbocycles. The van der Waals surface area contributed by atoms with Gasteiger partial charge in [0, 0.05) is 34.7 Å². The highest BCUT2D eigenvalue weighted by Crippen LogP contribution is 2.46. The lowest BCUT2D eigenvalue weighted by molar-refractivity contribution is 0.844. The van der Waals surface area contributed by atoms with Gasteiger partial charge < -0.3 is 0 Å². The lowest BCUT2D eigenvalue weighted by atomic mass is 9.89. The molecule has 0 radical (unpaired) electrons. The zero-order valence-electron chi connectivity index (χ0n) is 20.4. The third-order valence-electron chi connectivity index (χ3n) is 6.68. The first-order valence-electron chi connectivity index (χ1n) is 12.4. The van der Waals surface area contributed by atoms with Crippen LogP contribution in [0, 0.1) is 0 Å². The van der Waals surface area contributed by atoms with Gasteiger partial charge in [-0.3, -0.25) is 0 Å². The van der Waals surface area contributed by atoms with Gasteiger partial charge in [-0.25, -0.2) is 9.36 Å². The molecule has 2 aromatic heterocycles. The second-order valence-corrected chi connectivity index (χ2v) is 9.01. The summed E-state index contributed by atoms with van der Waals surface area (Å²) in [5.41, 5.74) is 9.61. The minimum Gasteiger partial charge on any atom is -0.219 e. The van der Waals surface area contributed by atoms with Gasteiger partial charge in [0.15, 0.2) is 0 Å². The van der Waals surface area contributed by atoms with Gasteiger partial charge in [0.05, 0.1) is 0 Å². The molecule has 1 aliphatic carbocycles. The van der Waals surface area contributed by atoms with E-state index < -0.39 is 0 Å². The van der Waals surface area contributed by atoms with Crippen LogP contribution in [0.1, 0.15) is 11.1 Å². The number of hydrogen-bond acceptors (Lipinski definition) is 4. The first kappa shape index (κ1) is 21.9. The average Bonchev–Trinajstić information content (AvgIpc) is 3.59. The number of rotatable bonds is 4. The van der Waals surface area contributed by atoms with Crippen LogP contribution in [0.2, 0.25) is 0 Å². The van der Waals surface area contributed by atoms with Crippen molar-refractivity contribution in [3.63, 3.8) is 0 Å². The Bertz CT molecular complexity index is 1670. The van der Waals surface area contributed by atoms with Crippen molar-refractivity contribution in [3.8, 4) is 45.0 Å². The largest absolute Gasteiger partial charge is 0.219 e. The highest BCUT2D eigenvalue weighted by atomic mass is 15.4. The zero-order valence-corrected chi connectivity index (χ0v) is 20.4. The topological polar surface area (TPSA) is 61.4 Å². The quantitative estimate of drug-likeness (QED) is 0.264. The molecule has 0 N–H and O–H groups in total. The van der Waals surface area contributed by atoms with Crippen LogP contribution in [0.25, 0.3) is 69.6 Å². The van der Waals surface area contributed by atoms with Crippen molar-refractivity contribution in [2.24, 2.45) is 0 Å². The van der Waals surface area contributed by atoms with Crippen molar-refractivity contribution in [1.82, 2.24) is 30.0 Å². The maximum absolute atomic E-state index is 4.69. The number of nitrogens with zero attached hydrogens (tertiary/aromatic N) is 6. The van der Waals surface area contributed by atoms with E-state index in [1.165, 1.54) is 0 Å². The minimum atomic E-state index is 0.816. The molecule has 1 aliphatic rings. The van der Waals surface area contributed by atoms with Gasteiger partial charge in [0.2, 0.25) is 0 Å². The summed E-state index contributed by atoms with van der Waals surface area (Å²) in [4.78, 5) is 0. The smallest absolute Gasteiger partial charge is 0.122 e. The van der Waals surface area contributed by atoms with Crippen LogP contribution in [-0.4, -0.2) is 30.0 Å². The summed E-state index contributed by atoms with van der Waals surface area (Å²) in [5, 5.41) is 18.5. The van der Waals surface area contributed by atoms with Crippen LogP contribution >= 0.6 is 0 Å². The molecule has 180 valence electrons. The monoisotopic (exact) mass is 490 g/mol. The maximum atomic E-state index is 4.69. The first-order chi connectivity index (χ1) is 18.9. The molecular weight excluding hydrogens is 468 g/mol. The summed E-state index contributed by atoms with van der Waals surface area (Å²) in [6, 6.07) is 36.9. The minimum absolute atomic E-state index is 0.816.